The Bertz CT molecular complexity index is 505. The lowest BCUT2D eigenvalue weighted by atomic mass is 9.90. The molecule has 1 heterocycles. The van der Waals surface area contributed by atoms with Crippen LogP contribution in [0.3, 0.4) is 0 Å². The van der Waals surface area contributed by atoms with Crippen LogP contribution in [0.1, 0.15) is 12.8 Å². The molecule has 0 radical (unpaired) electrons. The Morgan fingerprint density at radius 1 is 1.32 bits per heavy atom. The fourth-order valence-electron chi connectivity index (χ4n) is 1.83. The molecule has 1 saturated heterocycles. The van der Waals surface area contributed by atoms with E-state index < -0.39 is 5.54 Å². The van der Waals surface area contributed by atoms with E-state index in [1.54, 1.807) is 12.1 Å². The lowest BCUT2D eigenvalue weighted by Gasteiger charge is -2.31. The second-order valence-electron chi connectivity index (χ2n) is 4.45. The molecule has 1 aromatic rings. The van der Waals surface area contributed by atoms with Crippen molar-refractivity contribution in [3.63, 3.8) is 0 Å². The molecule has 0 aromatic heterocycles. The number of benzene rings is 1. The highest BCUT2D eigenvalue weighted by Gasteiger charge is 2.36. The van der Waals surface area contributed by atoms with Gasteiger partial charge in [-0.2, -0.15) is 0 Å². The molecule has 0 aliphatic carbocycles. The standard InChI is InChI=1S/C12H13BrCl2N2O2/c13-7-1-2-8(10(15)9(7)14)17-11(18)12(16)3-5-19-6-4-12/h1-2H,3-6,16H2,(H,17,18). The Morgan fingerprint density at radius 2 is 1.95 bits per heavy atom. The Kier molecular flexibility index (Phi) is 4.74. The highest BCUT2D eigenvalue weighted by molar-refractivity contribution is 9.10. The number of ether oxygens (including phenoxy) is 1. The van der Waals surface area contributed by atoms with E-state index in [0.29, 0.717) is 46.3 Å². The lowest BCUT2D eigenvalue weighted by molar-refractivity contribution is -0.124. The van der Waals surface area contributed by atoms with E-state index in [1.807, 2.05) is 0 Å². The van der Waals surface area contributed by atoms with E-state index in [1.165, 1.54) is 0 Å². The van der Waals surface area contributed by atoms with Gasteiger partial charge in [-0.05, 0) is 40.9 Å². The van der Waals surface area contributed by atoms with Crippen LogP contribution >= 0.6 is 39.1 Å². The number of nitrogens with one attached hydrogen (secondary N) is 1. The summed E-state index contributed by atoms with van der Waals surface area (Å²) in [4.78, 5) is 12.2. The Labute approximate surface area is 129 Å². The predicted octanol–water partition coefficient (Wildman–Crippen LogP) is 3.20. The minimum Gasteiger partial charge on any atom is -0.381 e. The normalized spacial score (nSPS) is 18.1. The molecule has 1 aliphatic rings. The number of amides is 1. The zero-order valence-corrected chi connectivity index (χ0v) is 13.1. The second kappa shape index (κ2) is 5.97. The van der Waals surface area contributed by atoms with Crippen LogP contribution in [-0.2, 0) is 9.53 Å². The average Bonchev–Trinajstić information content (AvgIpc) is 2.40. The van der Waals surface area contributed by atoms with Crippen molar-refractivity contribution in [2.75, 3.05) is 18.5 Å². The number of halogens is 3. The average molecular weight is 368 g/mol. The van der Waals surface area contributed by atoms with Gasteiger partial charge in [-0.25, -0.2) is 0 Å². The second-order valence-corrected chi connectivity index (χ2v) is 6.06. The number of anilines is 1. The summed E-state index contributed by atoms with van der Waals surface area (Å²) in [5, 5.41) is 3.38. The van der Waals surface area contributed by atoms with E-state index in [4.69, 9.17) is 33.7 Å². The summed E-state index contributed by atoms with van der Waals surface area (Å²) in [5.41, 5.74) is 5.63. The highest BCUT2D eigenvalue weighted by Crippen LogP contribution is 2.36. The Balaban J connectivity index is 2.17. The monoisotopic (exact) mass is 366 g/mol. The van der Waals surface area contributed by atoms with Crippen molar-refractivity contribution in [3.8, 4) is 0 Å². The van der Waals surface area contributed by atoms with Crippen LogP contribution in [0.2, 0.25) is 10.0 Å². The highest BCUT2D eigenvalue weighted by atomic mass is 79.9. The molecule has 0 spiro atoms. The molecule has 0 saturated carbocycles. The molecule has 7 heteroatoms. The van der Waals surface area contributed by atoms with Crippen LogP contribution in [0.15, 0.2) is 16.6 Å². The van der Waals surface area contributed by atoms with E-state index in [9.17, 15) is 4.79 Å². The maximum absolute atomic E-state index is 12.2. The summed E-state index contributed by atoms with van der Waals surface area (Å²) in [6.45, 7) is 0.970. The van der Waals surface area contributed by atoms with Gasteiger partial charge in [-0.3, -0.25) is 4.79 Å². The van der Waals surface area contributed by atoms with Crippen molar-refractivity contribution in [2.24, 2.45) is 5.73 Å². The maximum atomic E-state index is 12.2. The van der Waals surface area contributed by atoms with Crippen molar-refractivity contribution in [2.45, 2.75) is 18.4 Å². The minimum atomic E-state index is -0.916. The van der Waals surface area contributed by atoms with Gasteiger partial charge in [0, 0.05) is 17.7 Å². The SMILES string of the molecule is NC1(C(=O)Nc2ccc(Br)c(Cl)c2Cl)CCOCC1. The third-order valence-electron chi connectivity index (χ3n) is 3.12. The lowest BCUT2D eigenvalue weighted by Crippen LogP contribution is -2.54. The summed E-state index contributed by atoms with van der Waals surface area (Å²) in [6, 6.07) is 3.40. The summed E-state index contributed by atoms with van der Waals surface area (Å²) in [6.07, 6.45) is 0.974. The summed E-state index contributed by atoms with van der Waals surface area (Å²) in [5.74, 6) is -0.268. The number of nitrogens with two attached hydrogens (primary N) is 1. The van der Waals surface area contributed by atoms with Crippen LogP contribution in [0.5, 0.6) is 0 Å². The van der Waals surface area contributed by atoms with E-state index >= 15 is 0 Å². The van der Waals surface area contributed by atoms with Crippen LogP contribution in [0, 0.1) is 0 Å². The molecule has 1 aliphatic heterocycles. The number of carbonyl (C=O) groups excluding carboxylic acids is 1. The maximum Gasteiger partial charge on any atom is 0.244 e. The molecular formula is C12H13BrCl2N2O2. The van der Waals surface area contributed by atoms with Crippen LogP contribution in [0.25, 0.3) is 0 Å². The molecule has 19 heavy (non-hydrogen) atoms. The van der Waals surface area contributed by atoms with Gasteiger partial charge >= 0.3 is 0 Å². The van der Waals surface area contributed by atoms with Gasteiger partial charge in [0.1, 0.15) is 5.54 Å². The van der Waals surface area contributed by atoms with Crippen LogP contribution in [0.4, 0.5) is 5.69 Å². The first kappa shape index (κ1) is 15.1. The van der Waals surface area contributed by atoms with Crippen molar-refractivity contribution in [1.82, 2.24) is 0 Å². The number of hydrogen-bond acceptors (Lipinski definition) is 3. The van der Waals surface area contributed by atoms with Crippen LogP contribution in [-0.4, -0.2) is 24.7 Å². The Morgan fingerprint density at radius 3 is 2.58 bits per heavy atom. The van der Waals surface area contributed by atoms with Crippen molar-refractivity contribution < 1.29 is 9.53 Å². The fraction of sp³-hybridized carbons (Fsp3) is 0.417. The molecule has 2 rings (SSSR count). The van der Waals surface area contributed by atoms with Gasteiger partial charge in [-0.15, -0.1) is 0 Å². The van der Waals surface area contributed by atoms with Gasteiger partial charge in [0.2, 0.25) is 5.91 Å². The first-order chi connectivity index (χ1) is 8.94. The van der Waals surface area contributed by atoms with Gasteiger partial charge in [0.05, 0.1) is 15.7 Å². The van der Waals surface area contributed by atoms with Crippen molar-refractivity contribution in [1.29, 1.82) is 0 Å². The van der Waals surface area contributed by atoms with Gasteiger partial charge < -0.3 is 15.8 Å². The molecule has 104 valence electrons. The number of hydrogen-bond donors (Lipinski definition) is 2. The smallest absolute Gasteiger partial charge is 0.244 e. The summed E-state index contributed by atoms with van der Waals surface area (Å²) in [7, 11) is 0. The van der Waals surface area contributed by atoms with Gasteiger partial charge in [0.25, 0.3) is 0 Å². The first-order valence-electron chi connectivity index (χ1n) is 5.75. The Hall–Kier alpha value is -0.330. The zero-order chi connectivity index (χ0) is 14.0. The van der Waals surface area contributed by atoms with E-state index in [2.05, 4.69) is 21.2 Å². The largest absolute Gasteiger partial charge is 0.381 e. The first-order valence-corrected chi connectivity index (χ1v) is 7.30. The number of carbonyl (C=O) groups is 1. The third-order valence-corrected chi connectivity index (χ3v) is 4.89. The molecule has 1 fully saturated rings. The van der Waals surface area contributed by atoms with Gasteiger partial charge in [-0.1, -0.05) is 23.2 Å². The predicted molar refractivity (Wildman–Crippen MR) is 79.8 cm³/mol. The fourth-order valence-corrected chi connectivity index (χ4v) is 2.65. The zero-order valence-electron chi connectivity index (χ0n) is 10.0. The molecule has 1 amide bonds. The molecule has 4 nitrogen and oxygen atoms in total. The molecule has 3 N–H and O–H groups in total. The van der Waals surface area contributed by atoms with Crippen LogP contribution < -0.4 is 11.1 Å². The van der Waals surface area contributed by atoms with Crippen molar-refractivity contribution >= 4 is 50.7 Å². The van der Waals surface area contributed by atoms with E-state index in [-0.39, 0.29) is 5.91 Å². The van der Waals surface area contributed by atoms with Crippen molar-refractivity contribution in [3.05, 3.63) is 26.7 Å². The molecule has 0 atom stereocenters. The van der Waals surface area contributed by atoms with Gasteiger partial charge in [0.15, 0.2) is 0 Å². The van der Waals surface area contributed by atoms with E-state index in [0.717, 1.165) is 0 Å². The molecule has 1 aromatic carbocycles. The summed E-state index contributed by atoms with van der Waals surface area (Å²) < 4.78 is 5.88. The minimum absolute atomic E-state index is 0.268. The number of rotatable bonds is 2. The topological polar surface area (TPSA) is 64.4 Å². The third kappa shape index (κ3) is 3.23. The molecule has 0 bridgehead atoms. The summed E-state index contributed by atoms with van der Waals surface area (Å²) >= 11 is 15.4. The molecular weight excluding hydrogens is 355 g/mol. The quantitative estimate of drug-likeness (QED) is 0.789. The molecule has 0 unspecified atom stereocenters.